The summed E-state index contributed by atoms with van der Waals surface area (Å²) in [4.78, 5) is 0. The van der Waals surface area contributed by atoms with Crippen LogP contribution in [0.5, 0.6) is 0 Å². The van der Waals surface area contributed by atoms with Crippen LogP contribution in [0.15, 0.2) is 30.3 Å². The zero-order chi connectivity index (χ0) is 13.8. The van der Waals surface area contributed by atoms with Gasteiger partial charge >= 0.3 is 0 Å². The molecule has 1 aromatic carbocycles. The molecule has 1 aromatic rings. The molecule has 0 aliphatic heterocycles. The Labute approximate surface area is 112 Å². The molecule has 0 unspecified atom stereocenters. The van der Waals surface area contributed by atoms with Crippen LogP contribution in [0.4, 0.5) is 0 Å². The third kappa shape index (κ3) is 3.13. The van der Waals surface area contributed by atoms with Gasteiger partial charge in [-0.15, -0.1) is 0 Å². The molecule has 0 radical (unpaired) electrons. The Hall–Kier alpha value is -0.980. The topological polar surface area (TPSA) is 93.0 Å². The summed E-state index contributed by atoms with van der Waals surface area (Å²) in [5.41, 5.74) is 1.17. The summed E-state index contributed by atoms with van der Waals surface area (Å²) in [5.74, 6) is -0.541. The molecule has 2 rings (SSSR count). The standard InChI is InChI=1S/C14H21NO4/c16-8-10-11(13(18)14(19)12(10)17)15-7-6-9-4-2-1-3-5-9/h1-5,10-19H,6-8H2/t10-,11+,12+,13-,14-/m0/s1. The fraction of sp³-hybridized carbons (Fsp3) is 0.571. The monoisotopic (exact) mass is 267 g/mol. The quantitative estimate of drug-likeness (QED) is 0.467. The summed E-state index contributed by atoms with van der Waals surface area (Å²) in [5, 5.41) is 41.5. The van der Waals surface area contributed by atoms with E-state index in [-0.39, 0.29) is 6.61 Å². The van der Waals surface area contributed by atoms with Crippen LogP contribution < -0.4 is 5.32 Å². The number of rotatable bonds is 5. The van der Waals surface area contributed by atoms with Gasteiger partial charge in [0.05, 0.1) is 18.8 Å². The molecular formula is C14H21NO4. The smallest absolute Gasteiger partial charge is 0.108 e. The van der Waals surface area contributed by atoms with Gasteiger partial charge in [-0.2, -0.15) is 0 Å². The van der Waals surface area contributed by atoms with Crippen LogP contribution in [0.2, 0.25) is 0 Å². The van der Waals surface area contributed by atoms with Crippen molar-refractivity contribution in [3.63, 3.8) is 0 Å². The van der Waals surface area contributed by atoms with Gasteiger partial charge in [0.2, 0.25) is 0 Å². The number of aliphatic hydroxyl groups is 4. The zero-order valence-electron chi connectivity index (χ0n) is 10.7. The summed E-state index contributed by atoms with van der Waals surface area (Å²) in [6.45, 7) is 0.347. The highest BCUT2D eigenvalue weighted by atomic mass is 16.4. The first-order chi connectivity index (χ1) is 9.15. The van der Waals surface area contributed by atoms with E-state index in [9.17, 15) is 20.4 Å². The summed E-state index contributed by atoms with van der Waals surface area (Å²) >= 11 is 0. The van der Waals surface area contributed by atoms with Crippen molar-refractivity contribution in [2.45, 2.75) is 30.8 Å². The highest BCUT2D eigenvalue weighted by Crippen LogP contribution is 2.27. The minimum Gasteiger partial charge on any atom is -0.396 e. The van der Waals surface area contributed by atoms with Gasteiger partial charge in [0.25, 0.3) is 0 Å². The van der Waals surface area contributed by atoms with Crippen molar-refractivity contribution in [3.05, 3.63) is 35.9 Å². The van der Waals surface area contributed by atoms with Gasteiger partial charge in [0, 0.05) is 12.0 Å². The van der Waals surface area contributed by atoms with E-state index in [0.717, 1.165) is 6.42 Å². The van der Waals surface area contributed by atoms with Crippen LogP contribution in [0.3, 0.4) is 0 Å². The normalized spacial score (nSPS) is 34.6. The second-order valence-electron chi connectivity index (χ2n) is 5.03. The van der Waals surface area contributed by atoms with Gasteiger partial charge in [-0.1, -0.05) is 30.3 Å². The van der Waals surface area contributed by atoms with Crippen molar-refractivity contribution in [2.24, 2.45) is 5.92 Å². The van der Waals surface area contributed by atoms with Crippen molar-refractivity contribution < 1.29 is 20.4 Å². The molecule has 1 fully saturated rings. The Balaban J connectivity index is 1.88. The largest absolute Gasteiger partial charge is 0.396 e. The number of nitrogens with one attached hydrogen (secondary N) is 1. The van der Waals surface area contributed by atoms with E-state index < -0.39 is 30.3 Å². The van der Waals surface area contributed by atoms with Crippen LogP contribution in [-0.4, -0.2) is 57.9 Å². The minimum atomic E-state index is -1.20. The third-order valence-electron chi connectivity index (χ3n) is 3.82. The van der Waals surface area contributed by atoms with Crippen molar-refractivity contribution in [2.75, 3.05) is 13.2 Å². The second kappa shape index (κ2) is 6.45. The van der Waals surface area contributed by atoms with Crippen molar-refractivity contribution in [1.82, 2.24) is 5.32 Å². The van der Waals surface area contributed by atoms with Crippen molar-refractivity contribution in [3.8, 4) is 0 Å². The van der Waals surface area contributed by atoms with Crippen molar-refractivity contribution in [1.29, 1.82) is 0 Å². The second-order valence-corrected chi connectivity index (χ2v) is 5.03. The van der Waals surface area contributed by atoms with E-state index in [1.807, 2.05) is 30.3 Å². The molecule has 5 nitrogen and oxygen atoms in total. The van der Waals surface area contributed by atoms with Gasteiger partial charge in [0.15, 0.2) is 0 Å². The third-order valence-corrected chi connectivity index (χ3v) is 3.82. The highest BCUT2D eigenvalue weighted by Gasteiger charge is 2.48. The predicted octanol–water partition coefficient (Wildman–Crippen LogP) is -1.11. The Morgan fingerprint density at radius 1 is 0.947 bits per heavy atom. The number of hydrogen-bond donors (Lipinski definition) is 5. The molecule has 0 bridgehead atoms. The van der Waals surface area contributed by atoms with E-state index in [0.29, 0.717) is 6.54 Å². The lowest BCUT2D eigenvalue weighted by atomic mass is 10.0. The minimum absolute atomic E-state index is 0.266. The Morgan fingerprint density at radius 3 is 2.26 bits per heavy atom. The molecule has 0 spiro atoms. The van der Waals surface area contributed by atoms with Crippen LogP contribution in [0.25, 0.3) is 0 Å². The summed E-state index contributed by atoms with van der Waals surface area (Å²) in [7, 11) is 0. The maximum absolute atomic E-state index is 9.84. The molecule has 19 heavy (non-hydrogen) atoms. The lowest BCUT2D eigenvalue weighted by Crippen LogP contribution is -2.44. The lowest BCUT2D eigenvalue weighted by molar-refractivity contribution is -0.0311. The number of benzene rings is 1. The number of hydrogen-bond acceptors (Lipinski definition) is 5. The molecule has 1 aliphatic carbocycles. The summed E-state index contributed by atoms with van der Waals surface area (Å²) in [6, 6.07) is 9.42. The molecule has 0 aromatic heterocycles. The van der Waals surface area contributed by atoms with Crippen LogP contribution >= 0.6 is 0 Å². The van der Waals surface area contributed by atoms with Crippen LogP contribution in [0, 0.1) is 5.92 Å². The van der Waals surface area contributed by atoms with Gasteiger partial charge in [0.1, 0.15) is 6.10 Å². The van der Waals surface area contributed by atoms with E-state index in [4.69, 9.17) is 0 Å². The molecule has 0 heterocycles. The lowest BCUT2D eigenvalue weighted by Gasteiger charge is -2.22. The van der Waals surface area contributed by atoms with E-state index in [2.05, 4.69) is 5.32 Å². The van der Waals surface area contributed by atoms with E-state index in [1.165, 1.54) is 5.56 Å². The molecule has 0 amide bonds. The van der Waals surface area contributed by atoms with Crippen LogP contribution in [-0.2, 0) is 6.42 Å². The Morgan fingerprint density at radius 2 is 1.63 bits per heavy atom. The Bertz CT molecular complexity index is 386. The fourth-order valence-electron chi connectivity index (χ4n) is 2.65. The van der Waals surface area contributed by atoms with Crippen molar-refractivity contribution >= 4 is 0 Å². The highest BCUT2D eigenvalue weighted by molar-refractivity contribution is 5.15. The first-order valence-corrected chi connectivity index (χ1v) is 6.57. The van der Waals surface area contributed by atoms with E-state index >= 15 is 0 Å². The first kappa shape index (κ1) is 14.4. The molecule has 1 saturated carbocycles. The number of aliphatic hydroxyl groups excluding tert-OH is 4. The summed E-state index contributed by atoms with van der Waals surface area (Å²) in [6.07, 6.45) is -2.56. The fourth-order valence-corrected chi connectivity index (χ4v) is 2.65. The molecule has 5 N–H and O–H groups in total. The molecule has 0 saturated heterocycles. The molecular weight excluding hydrogens is 246 g/mol. The van der Waals surface area contributed by atoms with E-state index in [1.54, 1.807) is 0 Å². The molecule has 5 heteroatoms. The first-order valence-electron chi connectivity index (χ1n) is 6.57. The summed E-state index contributed by atoms with van der Waals surface area (Å²) < 4.78 is 0. The Kier molecular flexibility index (Phi) is 4.90. The maximum atomic E-state index is 9.84. The SMILES string of the molecule is OC[C@@H]1[C@@H](O)[C@H](O)[C@@H](O)[C@@H]1NCCc1ccccc1. The van der Waals surface area contributed by atoms with Gasteiger partial charge in [-0.25, -0.2) is 0 Å². The maximum Gasteiger partial charge on any atom is 0.108 e. The van der Waals surface area contributed by atoms with Gasteiger partial charge in [-0.3, -0.25) is 0 Å². The molecule has 1 aliphatic rings. The predicted molar refractivity (Wildman–Crippen MR) is 70.5 cm³/mol. The van der Waals surface area contributed by atoms with Crippen LogP contribution in [0.1, 0.15) is 5.56 Å². The average Bonchev–Trinajstić information content (AvgIpc) is 2.64. The molecule has 106 valence electrons. The average molecular weight is 267 g/mol. The van der Waals surface area contributed by atoms with Gasteiger partial charge < -0.3 is 25.7 Å². The molecule has 5 atom stereocenters. The van der Waals surface area contributed by atoms with Gasteiger partial charge in [-0.05, 0) is 18.5 Å². The zero-order valence-corrected chi connectivity index (χ0v) is 10.7.